The van der Waals surface area contributed by atoms with Gasteiger partial charge in [-0.3, -0.25) is 9.36 Å². The van der Waals surface area contributed by atoms with E-state index in [9.17, 15) is 4.79 Å². The number of hydrogen-bond acceptors (Lipinski definition) is 3. The number of aromatic nitrogens is 2. The molecule has 1 unspecified atom stereocenters. The first kappa shape index (κ1) is 17.9. The predicted molar refractivity (Wildman–Crippen MR) is 110 cm³/mol. The van der Waals surface area contributed by atoms with Crippen LogP contribution in [-0.2, 0) is 4.74 Å². The Kier molecular flexibility index (Phi) is 5.17. The number of ether oxygens (including phenoxy) is 1. The first-order valence-corrected chi connectivity index (χ1v) is 9.15. The maximum absolute atomic E-state index is 12.5. The summed E-state index contributed by atoms with van der Waals surface area (Å²) in [5.74, 6) is -0.125. The van der Waals surface area contributed by atoms with E-state index in [0.717, 1.165) is 22.3 Å². The summed E-state index contributed by atoms with van der Waals surface area (Å²) in [5.41, 5.74) is 4.58. The van der Waals surface area contributed by atoms with Gasteiger partial charge < -0.3 is 10.1 Å². The summed E-state index contributed by atoms with van der Waals surface area (Å²) in [7, 11) is 1.65. The minimum absolute atomic E-state index is 0.125. The first-order chi connectivity index (χ1) is 13.8. The Morgan fingerprint density at radius 2 is 1.71 bits per heavy atom. The summed E-state index contributed by atoms with van der Waals surface area (Å²) in [6, 6.07) is 25.3. The number of para-hydroxylation sites is 2. The van der Waals surface area contributed by atoms with E-state index in [-0.39, 0.29) is 12.0 Å². The molecule has 1 amide bonds. The summed E-state index contributed by atoms with van der Waals surface area (Å²) in [6.45, 7) is 0.410. The zero-order chi connectivity index (χ0) is 19.3. The number of nitrogens with zero attached hydrogens (tertiary/aromatic N) is 2. The Bertz CT molecular complexity index is 1070. The number of hydrogen-bond donors (Lipinski definition) is 1. The average Bonchev–Trinajstić information content (AvgIpc) is 3.19. The number of carbonyl (C=O) groups is 1. The molecule has 1 heterocycles. The molecule has 0 spiro atoms. The van der Waals surface area contributed by atoms with Gasteiger partial charge in [0.05, 0.1) is 17.1 Å². The minimum atomic E-state index is -0.179. The standard InChI is InChI=1S/C23H21N3O2/c1-28-22(17-7-3-2-4-8-17)15-24-23(27)18-11-13-19(14-12-18)26-16-25-20-9-5-6-10-21(20)26/h2-14,16,22H,15H2,1H3,(H,24,27). The van der Waals surface area contributed by atoms with E-state index in [4.69, 9.17) is 4.74 Å². The van der Waals surface area contributed by atoms with E-state index in [0.29, 0.717) is 12.1 Å². The van der Waals surface area contributed by atoms with Gasteiger partial charge in [0.1, 0.15) is 6.33 Å². The third kappa shape index (κ3) is 3.66. The van der Waals surface area contributed by atoms with Crippen molar-refractivity contribution in [2.24, 2.45) is 0 Å². The number of nitrogens with one attached hydrogen (secondary N) is 1. The van der Waals surface area contributed by atoms with Crippen molar-refractivity contribution in [3.05, 3.63) is 96.3 Å². The molecule has 140 valence electrons. The number of imidazole rings is 1. The molecule has 0 fully saturated rings. The summed E-state index contributed by atoms with van der Waals surface area (Å²) in [6.07, 6.45) is 1.62. The number of fused-ring (bicyclic) bond motifs is 1. The molecule has 0 bridgehead atoms. The van der Waals surface area contributed by atoms with Crippen LogP contribution in [0.4, 0.5) is 0 Å². The third-order valence-corrected chi connectivity index (χ3v) is 4.77. The topological polar surface area (TPSA) is 56.1 Å². The highest BCUT2D eigenvalue weighted by atomic mass is 16.5. The molecule has 1 aromatic heterocycles. The van der Waals surface area contributed by atoms with E-state index < -0.39 is 0 Å². The lowest BCUT2D eigenvalue weighted by Gasteiger charge is -2.16. The Labute approximate surface area is 163 Å². The number of benzene rings is 3. The molecule has 0 aliphatic rings. The maximum Gasteiger partial charge on any atom is 0.251 e. The maximum atomic E-state index is 12.5. The molecule has 0 radical (unpaired) electrons. The number of methoxy groups -OCH3 is 1. The van der Waals surface area contributed by atoms with E-state index in [1.54, 1.807) is 13.4 Å². The quantitative estimate of drug-likeness (QED) is 0.554. The summed E-state index contributed by atoms with van der Waals surface area (Å²) < 4.78 is 7.51. The second kappa shape index (κ2) is 8.06. The number of amides is 1. The summed E-state index contributed by atoms with van der Waals surface area (Å²) in [4.78, 5) is 16.9. The van der Waals surface area contributed by atoms with Gasteiger partial charge in [0.2, 0.25) is 0 Å². The van der Waals surface area contributed by atoms with Gasteiger partial charge in [0.25, 0.3) is 5.91 Å². The van der Waals surface area contributed by atoms with Gasteiger partial charge >= 0.3 is 0 Å². The molecule has 5 heteroatoms. The molecule has 1 N–H and O–H groups in total. The van der Waals surface area contributed by atoms with Crippen LogP contribution in [0, 0.1) is 0 Å². The highest BCUT2D eigenvalue weighted by molar-refractivity contribution is 5.94. The van der Waals surface area contributed by atoms with Crippen molar-refractivity contribution in [3.63, 3.8) is 0 Å². The lowest BCUT2D eigenvalue weighted by Crippen LogP contribution is -2.29. The third-order valence-electron chi connectivity index (χ3n) is 4.77. The highest BCUT2D eigenvalue weighted by Gasteiger charge is 2.13. The van der Waals surface area contributed by atoms with Crippen LogP contribution in [0.2, 0.25) is 0 Å². The fourth-order valence-corrected chi connectivity index (χ4v) is 3.23. The minimum Gasteiger partial charge on any atom is -0.375 e. The van der Waals surface area contributed by atoms with Crippen LogP contribution in [0.3, 0.4) is 0 Å². The smallest absolute Gasteiger partial charge is 0.251 e. The van der Waals surface area contributed by atoms with Crippen molar-refractivity contribution in [1.82, 2.24) is 14.9 Å². The molecule has 4 aromatic rings. The fraction of sp³-hybridized carbons (Fsp3) is 0.130. The summed E-state index contributed by atoms with van der Waals surface area (Å²) in [5, 5.41) is 2.95. The van der Waals surface area contributed by atoms with Crippen LogP contribution in [0.5, 0.6) is 0 Å². The monoisotopic (exact) mass is 371 g/mol. The zero-order valence-corrected chi connectivity index (χ0v) is 15.6. The molecule has 5 nitrogen and oxygen atoms in total. The van der Waals surface area contributed by atoms with Gasteiger partial charge in [-0.15, -0.1) is 0 Å². The van der Waals surface area contributed by atoms with Crippen molar-refractivity contribution >= 4 is 16.9 Å². The molecule has 1 atom stereocenters. The largest absolute Gasteiger partial charge is 0.375 e. The van der Waals surface area contributed by atoms with Crippen molar-refractivity contribution in [3.8, 4) is 5.69 Å². The molecule has 0 aliphatic carbocycles. The Balaban J connectivity index is 1.45. The van der Waals surface area contributed by atoms with Crippen LogP contribution >= 0.6 is 0 Å². The second-order valence-corrected chi connectivity index (χ2v) is 6.50. The Morgan fingerprint density at radius 1 is 1.00 bits per heavy atom. The van der Waals surface area contributed by atoms with Gasteiger partial charge in [-0.2, -0.15) is 0 Å². The van der Waals surface area contributed by atoms with Gasteiger partial charge in [-0.05, 0) is 42.0 Å². The van der Waals surface area contributed by atoms with Crippen molar-refractivity contribution in [2.75, 3.05) is 13.7 Å². The molecule has 28 heavy (non-hydrogen) atoms. The van der Waals surface area contributed by atoms with Crippen molar-refractivity contribution in [2.45, 2.75) is 6.10 Å². The number of carbonyl (C=O) groups excluding carboxylic acids is 1. The van der Waals surface area contributed by atoms with Gasteiger partial charge in [-0.1, -0.05) is 42.5 Å². The fourth-order valence-electron chi connectivity index (χ4n) is 3.23. The van der Waals surface area contributed by atoms with Crippen LogP contribution in [0.15, 0.2) is 85.2 Å². The molecule has 0 saturated carbocycles. The molecule has 4 rings (SSSR count). The number of rotatable bonds is 6. The van der Waals surface area contributed by atoms with Crippen LogP contribution in [-0.4, -0.2) is 29.1 Å². The van der Waals surface area contributed by atoms with Gasteiger partial charge in [-0.25, -0.2) is 4.98 Å². The normalized spacial score (nSPS) is 12.0. The first-order valence-electron chi connectivity index (χ1n) is 9.15. The Hall–Kier alpha value is -3.44. The molecule has 3 aromatic carbocycles. The lowest BCUT2D eigenvalue weighted by molar-refractivity contribution is 0.0828. The SMILES string of the molecule is COC(CNC(=O)c1ccc(-n2cnc3ccccc32)cc1)c1ccccc1. The van der Waals surface area contributed by atoms with E-state index in [2.05, 4.69) is 10.3 Å². The lowest BCUT2D eigenvalue weighted by atomic mass is 10.1. The zero-order valence-electron chi connectivity index (χ0n) is 15.6. The molecular formula is C23H21N3O2. The average molecular weight is 371 g/mol. The van der Waals surface area contributed by atoms with Crippen LogP contribution in [0.1, 0.15) is 22.0 Å². The molecule has 0 saturated heterocycles. The summed E-state index contributed by atoms with van der Waals surface area (Å²) >= 11 is 0. The van der Waals surface area contributed by atoms with E-state index in [1.807, 2.05) is 83.4 Å². The van der Waals surface area contributed by atoms with Crippen molar-refractivity contribution in [1.29, 1.82) is 0 Å². The van der Waals surface area contributed by atoms with Gasteiger partial charge in [0, 0.05) is 24.9 Å². The second-order valence-electron chi connectivity index (χ2n) is 6.50. The Morgan fingerprint density at radius 3 is 2.46 bits per heavy atom. The van der Waals surface area contributed by atoms with E-state index >= 15 is 0 Å². The van der Waals surface area contributed by atoms with E-state index in [1.165, 1.54) is 0 Å². The highest BCUT2D eigenvalue weighted by Crippen LogP contribution is 2.19. The molecule has 0 aliphatic heterocycles. The predicted octanol–water partition coefficient (Wildman–Crippen LogP) is 4.14. The van der Waals surface area contributed by atoms with Crippen molar-refractivity contribution < 1.29 is 9.53 Å². The van der Waals surface area contributed by atoms with Crippen LogP contribution < -0.4 is 5.32 Å². The molecular weight excluding hydrogens is 350 g/mol. The van der Waals surface area contributed by atoms with Crippen LogP contribution in [0.25, 0.3) is 16.7 Å². The van der Waals surface area contributed by atoms with Gasteiger partial charge in [0.15, 0.2) is 0 Å².